The number of anilines is 2. The van der Waals surface area contributed by atoms with Crippen molar-refractivity contribution in [3.63, 3.8) is 0 Å². The second kappa shape index (κ2) is 12.3. The first-order valence-corrected chi connectivity index (χ1v) is 13.1. The number of piperidine rings is 1. The van der Waals surface area contributed by atoms with Gasteiger partial charge in [0.05, 0.1) is 18.2 Å². The highest BCUT2D eigenvalue weighted by molar-refractivity contribution is 5.96. The summed E-state index contributed by atoms with van der Waals surface area (Å²) >= 11 is 0. The van der Waals surface area contributed by atoms with Crippen LogP contribution in [0.1, 0.15) is 47.8 Å². The molecule has 2 aliphatic heterocycles. The number of phenols is 1. The van der Waals surface area contributed by atoms with Crippen molar-refractivity contribution in [2.24, 2.45) is 0 Å². The van der Waals surface area contributed by atoms with E-state index in [4.69, 9.17) is 16.1 Å². The van der Waals surface area contributed by atoms with Gasteiger partial charge in [-0.3, -0.25) is 19.4 Å². The van der Waals surface area contributed by atoms with Gasteiger partial charge in [-0.1, -0.05) is 13.0 Å². The first-order valence-electron chi connectivity index (χ1n) is 13.1. The van der Waals surface area contributed by atoms with E-state index in [1.165, 1.54) is 6.07 Å². The van der Waals surface area contributed by atoms with Crippen molar-refractivity contribution in [3.05, 3.63) is 45.4 Å². The number of nitrogens with zero attached hydrogens (tertiary/aromatic N) is 5. The molecule has 12 nitrogen and oxygen atoms in total. The molecule has 0 radical (unpaired) electrons. The number of aromatic nitrogens is 2. The number of amides is 1. The fourth-order valence-corrected chi connectivity index (χ4v) is 5.42. The molecule has 1 aromatic carbocycles. The quantitative estimate of drug-likeness (QED) is 0.321. The van der Waals surface area contributed by atoms with Crippen LogP contribution in [0.15, 0.2) is 23.0 Å². The minimum absolute atomic E-state index is 0.0498. The van der Waals surface area contributed by atoms with Gasteiger partial charge >= 0.3 is 0 Å². The number of carbonyl (C=O) groups is 1. The number of carbonyl (C=O) groups excluding carboxylic acids is 1. The molecule has 38 heavy (non-hydrogen) atoms. The second-order valence-electron chi connectivity index (χ2n) is 9.84. The number of aromatic amines is 1. The number of hydrogen-bond acceptors (Lipinski definition) is 10. The Morgan fingerprint density at radius 3 is 2.71 bits per heavy atom. The highest BCUT2D eigenvalue weighted by atomic mass is 16.3. The third-order valence-electron chi connectivity index (χ3n) is 7.48. The fraction of sp³-hybridized carbons (Fsp3) is 0.538. The average Bonchev–Trinajstić information content (AvgIpc) is 2.93. The minimum atomic E-state index is -0.579. The molecule has 3 heterocycles. The van der Waals surface area contributed by atoms with Gasteiger partial charge in [0.2, 0.25) is 0 Å². The number of phenolic OH excluding ortho intramolecular Hbond substituents is 1. The summed E-state index contributed by atoms with van der Waals surface area (Å²) in [6.45, 7) is 6.52. The normalized spacial score (nSPS) is 19.3. The van der Waals surface area contributed by atoms with Crippen molar-refractivity contribution in [1.29, 1.82) is 5.26 Å². The van der Waals surface area contributed by atoms with Crippen LogP contribution in [0.4, 0.5) is 11.6 Å². The van der Waals surface area contributed by atoms with Crippen molar-refractivity contribution in [2.45, 2.75) is 44.8 Å². The number of rotatable bonds is 8. The van der Waals surface area contributed by atoms with E-state index < -0.39 is 11.5 Å². The largest absolute Gasteiger partial charge is 0.508 e. The number of hydrogen-bond donors (Lipinski definition) is 5. The standard InChI is InChI=1S/C26H36N8O4/c1-2-19-16-33(24-26(38)30-22(23(28)31-24)25(37)29-7-12-35)10-11-34(19)20-5-8-32(9-6-20)15-18-4-3-17(14-27)13-21(18)36/h3-4,13,19-20,35-36H,2,5-12,15-16H2,1H3,(H2,28,31)(H,29,37)(H,30,38)/t19-/m0/s1. The summed E-state index contributed by atoms with van der Waals surface area (Å²) in [7, 11) is 0. The molecule has 6 N–H and O–H groups in total. The van der Waals surface area contributed by atoms with E-state index >= 15 is 0 Å². The summed E-state index contributed by atoms with van der Waals surface area (Å²) in [5, 5.41) is 30.6. The summed E-state index contributed by atoms with van der Waals surface area (Å²) in [5.74, 6) is -0.247. The van der Waals surface area contributed by atoms with Gasteiger partial charge in [-0.2, -0.15) is 5.26 Å². The Bertz CT molecular complexity index is 1230. The number of aliphatic hydroxyl groups is 1. The van der Waals surface area contributed by atoms with Gasteiger partial charge < -0.3 is 31.1 Å². The maximum absolute atomic E-state index is 12.8. The Labute approximate surface area is 221 Å². The summed E-state index contributed by atoms with van der Waals surface area (Å²) in [6, 6.07) is 7.80. The van der Waals surface area contributed by atoms with Crippen LogP contribution < -0.4 is 21.5 Å². The van der Waals surface area contributed by atoms with E-state index in [0.717, 1.165) is 44.5 Å². The molecule has 0 aliphatic carbocycles. The third-order valence-corrected chi connectivity index (χ3v) is 7.48. The number of nitriles is 1. The van der Waals surface area contributed by atoms with Crippen LogP contribution >= 0.6 is 0 Å². The number of nitrogen functional groups attached to an aromatic ring is 1. The molecule has 2 saturated heterocycles. The topological polar surface area (TPSA) is 175 Å². The van der Waals surface area contributed by atoms with Crippen LogP contribution in [0.25, 0.3) is 0 Å². The first-order chi connectivity index (χ1) is 18.3. The van der Waals surface area contributed by atoms with Crippen LogP contribution in [-0.4, -0.2) is 93.8 Å². The number of piperazine rings is 1. The van der Waals surface area contributed by atoms with Gasteiger partial charge in [-0.05, 0) is 44.5 Å². The lowest BCUT2D eigenvalue weighted by atomic mass is 9.97. The number of likely N-dealkylation sites (tertiary alicyclic amines) is 1. The average molecular weight is 525 g/mol. The van der Waals surface area contributed by atoms with Crippen molar-refractivity contribution in [3.8, 4) is 11.8 Å². The summed E-state index contributed by atoms with van der Waals surface area (Å²) < 4.78 is 0. The molecule has 1 amide bonds. The van der Waals surface area contributed by atoms with E-state index in [-0.39, 0.29) is 42.3 Å². The van der Waals surface area contributed by atoms with Crippen molar-refractivity contribution in [1.82, 2.24) is 25.1 Å². The molecule has 0 saturated carbocycles. The van der Waals surface area contributed by atoms with Gasteiger partial charge in [0.25, 0.3) is 11.5 Å². The molecule has 204 valence electrons. The van der Waals surface area contributed by atoms with Crippen molar-refractivity contribution < 1.29 is 15.0 Å². The van der Waals surface area contributed by atoms with Crippen LogP contribution in [0.5, 0.6) is 5.75 Å². The minimum Gasteiger partial charge on any atom is -0.508 e. The number of aromatic hydroxyl groups is 1. The summed E-state index contributed by atoms with van der Waals surface area (Å²) in [5.41, 5.74) is 6.72. The zero-order valence-electron chi connectivity index (χ0n) is 21.7. The Hall–Kier alpha value is -3.66. The Morgan fingerprint density at radius 2 is 2.05 bits per heavy atom. The molecule has 2 aliphatic rings. The fourth-order valence-electron chi connectivity index (χ4n) is 5.42. The first kappa shape index (κ1) is 27.4. The molecule has 1 aromatic heterocycles. The highest BCUT2D eigenvalue weighted by Crippen LogP contribution is 2.27. The molecular formula is C26H36N8O4. The van der Waals surface area contributed by atoms with E-state index in [9.17, 15) is 14.7 Å². The Morgan fingerprint density at radius 1 is 1.29 bits per heavy atom. The van der Waals surface area contributed by atoms with Gasteiger partial charge in [0.1, 0.15) is 11.4 Å². The van der Waals surface area contributed by atoms with Gasteiger partial charge in [0.15, 0.2) is 11.6 Å². The maximum Gasteiger partial charge on any atom is 0.291 e. The summed E-state index contributed by atoms with van der Waals surface area (Å²) in [6.07, 6.45) is 2.94. The van der Waals surface area contributed by atoms with Crippen molar-refractivity contribution in [2.75, 3.05) is 56.5 Å². The van der Waals surface area contributed by atoms with E-state index in [0.29, 0.717) is 31.2 Å². The van der Waals surface area contributed by atoms with Gasteiger partial charge in [-0.25, -0.2) is 4.98 Å². The molecule has 0 spiro atoms. The zero-order chi connectivity index (χ0) is 27.2. The SMILES string of the molecule is CC[C@H]1CN(c2nc(N)c(C(=O)NCCO)[nH]c2=O)CCN1C1CCN(Cc2ccc(C#N)cc2O)CC1. The lowest BCUT2D eigenvalue weighted by Gasteiger charge is -2.47. The van der Waals surface area contributed by atoms with Crippen LogP contribution in [0, 0.1) is 11.3 Å². The number of nitrogens with one attached hydrogen (secondary N) is 2. The molecule has 0 bridgehead atoms. The van der Waals surface area contributed by atoms with Crippen LogP contribution in [0.2, 0.25) is 0 Å². The van der Waals surface area contributed by atoms with Gasteiger partial charge in [0, 0.05) is 50.4 Å². The highest BCUT2D eigenvalue weighted by Gasteiger charge is 2.34. The monoisotopic (exact) mass is 524 g/mol. The molecule has 2 aromatic rings. The molecule has 2 fully saturated rings. The Kier molecular flexibility index (Phi) is 8.83. The maximum atomic E-state index is 12.8. The molecule has 1 atom stereocenters. The van der Waals surface area contributed by atoms with Crippen LogP contribution in [0.3, 0.4) is 0 Å². The number of H-pyrrole nitrogens is 1. The van der Waals surface area contributed by atoms with Crippen molar-refractivity contribution >= 4 is 17.5 Å². The van der Waals surface area contributed by atoms with Crippen LogP contribution in [-0.2, 0) is 6.54 Å². The van der Waals surface area contributed by atoms with E-state index in [2.05, 4.69) is 32.0 Å². The lowest BCUT2D eigenvalue weighted by Crippen LogP contribution is -2.59. The number of aliphatic hydroxyl groups excluding tert-OH is 1. The Balaban J connectivity index is 1.36. The molecule has 12 heteroatoms. The predicted molar refractivity (Wildman–Crippen MR) is 143 cm³/mol. The molecule has 0 unspecified atom stereocenters. The lowest BCUT2D eigenvalue weighted by molar-refractivity contribution is 0.0608. The summed E-state index contributed by atoms with van der Waals surface area (Å²) in [4.78, 5) is 38.6. The number of benzene rings is 1. The smallest absolute Gasteiger partial charge is 0.291 e. The molecule has 4 rings (SSSR count). The third kappa shape index (κ3) is 6.07. The number of nitrogens with two attached hydrogens (primary N) is 1. The van der Waals surface area contributed by atoms with E-state index in [1.54, 1.807) is 6.07 Å². The second-order valence-corrected chi connectivity index (χ2v) is 9.84. The molecular weight excluding hydrogens is 488 g/mol. The predicted octanol–water partition coefficient (Wildman–Crippen LogP) is 0.217. The zero-order valence-corrected chi connectivity index (χ0v) is 21.7. The van der Waals surface area contributed by atoms with Gasteiger partial charge in [-0.15, -0.1) is 0 Å². The van der Waals surface area contributed by atoms with E-state index in [1.807, 2.05) is 17.0 Å².